The van der Waals surface area contributed by atoms with Gasteiger partial charge in [0.2, 0.25) is 5.95 Å². The lowest BCUT2D eigenvalue weighted by Gasteiger charge is -2.38. The molecule has 6 rings (SSSR count). The van der Waals surface area contributed by atoms with Gasteiger partial charge in [0.1, 0.15) is 30.2 Å². The van der Waals surface area contributed by atoms with Gasteiger partial charge in [-0.2, -0.15) is 5.10 Å². The number of hydrogen-bond acceptors (Lipinski definition) is 11. The predicted octanol–water partition coefficient (Wildman–Crippen LogP) is 5.42. The second-order valence-corrected chi connectivity index (χ2v) is 12.5. The molecule has 14 heteroatoms. The highest BCUT2D eigenvalue weighted by Gasteiger charge is 2.29. The van der Waals surface area contributed by atoms with Crippen LogP contribution >= 0.6 is 11.6 Å². The van der Waals surface area contributed by atoms with E-state index in [4.69, 9.17) is 35.6 Å². The predicted molar refractivity (Wildman–Crippen MR) is 178 cm³/mol. The summed E-state index contributed by atoms with van der Waals surface area (Å²) in [6.07, 6.45) is 14.9. The maximum atomic E-state index is 6.47. The van der Waals surface area contributed by atoms with E-state index in [0.717, 1.165) is 81.6 Å². The first kappa shape index (κ1) is 33.1. The fourth-order valence-electron chi connectivity index (χ4n) is 6.18. The summed E-state index contributed by atoms with van der Waals surface area (Å²) in [6, 6.07) is 6.59. The first-order chi connectivity index (χ1) is 23.1. The lowest BCUT2D eigenvalue weighted by Crippen LogP contribution is -2.45. The van der Waals surface area contributed by atoms with Crippen molar-refractivity contribution in [3.05, 3.63) is 54.5 Å². The smallest absolute Gasteiger partial charge is 0.256 e. The van der Waals surface area contributed by atoms with Crippen molar-refractivity contribution in [1.29, 1.82) is 0 Å². The maximum Gasteiger partial charge on any atom is 0.256 e. The van der Waals surface area contributed by atoms with Gasteiger partial charge in [0.25, 0.3) is 5.88 Å². The van der Waals surface area contributed by atoms with Crippen molar-refractivity contribution in [2.24, 2.45) is 0 Å². The van der Waals surface area contributed by atoms with Gasteiger partial charge in [0, 0.05) is 50.8 Å². The summed E-state index contributed by atoms with van der Waals surface area (Å²) in [6.45, 7) is 7.50. The summed E-state index contributed by atoms with van der Waals surface area (Å²) in [4.78, 5) is 15.8. The largest absolute Gasteiger partial charge is 0.487 e. The Morgan fingerprint density at radius 1 is 1.02 bits per heavy atom. The first-order valence-corrected chi connectivity index (χ1v) is 16.8. The topological polar surface area (TPSA) is 127 Å². The van der Waals surface area contributed by atoms with Crippen molar-refractivity contribution >= 4 is 23.2 Å². The quantitative estimate of drug-likeness (QED) is 0.164. The highest BCUT2D eigenvalue weighted by atomic mass is 35.5. The maximum absolute atomic E-state index is 6.47. The van der Waals surface area contributed by atoms with Crippen LogP contribution in [-0.2, 0) is 16.0 Å². The third kappa shape index (κ3) is 8.98. The van der Waals surface area contributed by atoms with E-state index in [-0.39, 0.29) is 6.10 Å². The Labute approximate surface area is 280 Å². The molecular weight excluding hydrogens is 622 g/mol. The minimum atomic E-state index is -0.163. The van der Waals surface area contributed by atoms with Crippen LogP contribution in [0.3, 0.4) is 0 Å². The molecule has 0 amide bonds. The number of methoxy groups -OCH3 is 1. The van der Waals surface area contributed by atoms with E-state index in [1.165, 1.54) is 6.33 Å². The van der Waals surface area contributed by atoms with E-state index < -0.39 is 0 Å². The summed E-state index contributed by atoms with van der Waals surface area (Å²) < 4.78 is 26.8. The fraction of sp³-hybridized carbons (Fsp3) is 0.545. The van der Waals surface area contributed by atoms with Crippen LogP contribution in [0.5, 0.6) is 11.6 Å². The Morgan fingerprint density at radius 2 is 1.79 bits per heavy atom. The summed E-state index contributed by atoms with van der Waals surface area (Å²) in [5, 5.41) is 12.9. The van der Waals surface area contributed by atoms with E-state index in [9.17, 15) is 0 Å². The van der Waals surface area contributed by atoms with Gasteiger partial charge in [-0.3, -0.25) is 9.58 Å². The highest BCUT2D eigenvalue weighted by molar-refractivity contribution is 6.32. The molecule has 1 saturated heterocycles. The standard InChI is InChI=1S/C33H44ClN9O4/c1-24(20-42-23-35-22-38-42)47-31-17-25(5-10-29(31)34)26-18-36-33(37-19-26)39-30-21-43(40-32(30)46-14-4-3-13-44-2)28-8-6-27(7-9-28)41-11-15-45-16-12-41/h5,10,17-19,21-24,27-28H,3-4,6-9,11-16,20H2,1-2H3,(H,36,37,39). The van der Waals surface area contributed by atoms with E-state index in [2.05, 4.69) is 34.9 Å². The third-order valence-electron chi connectivity index (χ3n) is 8.68. The molecule has 1 aliphatic heterocycles. The second kappa shape index (κ2) is 16.4. The number of rotatable bonds is 15. The van der Waals surface area contributed by atoms with Crippen LogP contribution in [-0.4, -0.2) is 98.2 Å². The van der Waals surface area contributed by atoms with Gasteiger partial charge in [-0.25, -0.2) is 19.6 Å². The molecule has 3 aromatic heterocycles. The number of unbranched alkanes of at least 4 members (excludes halogenated alkanes) is 1. The van der Waals surface area contributed by atoms with E-state index in [0.29, 0.717) is 54.4 Å². The second-order valence-electron chi connectivity index (χ2n) is 12.1. The molecule has 2 fully saturated rings. The van der Waals surface area contributed by atoms with Crippen molar-refractivity contribution < 1.29 is 18.9 Å². The number of aromatic nitrogens is 7. The molecule has 1 saturated carbocycles. The van der Waals surface area contributed by atoms with Gasteiger partial charge in [-0.1, -0.05) is 17.7 Å². The molecule has 1 aromatic carbocycles. The Balaban J connectivity index is 1.11. The monoisotopic (exact) mass is 665 g/mol. The minimum Gasteiger partial charge on any atom is -0.487 e. The van der Waals surface area contributed by atoms with Gasteiger partial charge >= 0.3 is 0 Å². The molecule has 252 valence electrons. The zero-order valence-electron chi connectivity index (χ0n) is 27.1. The highest BCUT2D eigenvalue weighted by Crippen LogP contribution is 2.35. The number of halogens is 1. The van der Waals surface area contributed by atoms with Crippen molar-refractivity contribution in [2.75, 3.05) is 51.9 Å². The van der Waals surface area contributed by atoms with Gasteiger partial charge in [0.15, 0.2) is 0 Å². The molecule has 2 aliphatic rings. The van der Waals surface area contributed by atoms with Crippen LogP contribution in [0.4, 0.5) is 11.6 Å². The lowest BCUT2D eigenvalue weighted by molar-refractivity contribution is 0.00503. The zero-order valence-corrected chi connectivity index (χ0v) is 27.9. The molecule has 1 aliphatic carbocycles. The zero-order chi connectivity index (χ0) is 32.4. The molecule has 0 spiro atoms. The van der Waals surface area contributed by atoms with Gasteiger partial charge in [0.05, 0.1) is 43.6 Å². The number of morpholine rings is 1. The first-order valence-electron chi connectivity index (χ1n) is 16.5. The lowest BCUT2D eigenvalue weighted by atomic mass is 9.90. The van der Waals surface area contributed by atoms with Crippen LogP contribution in [0.25, 0.3) is 11.1 Å². The van der Waals surface area contributed by atoms with Crippen molar-refractivity contribution in [1.82, 2.24) is 39.4 Å². The summed E-state index contributed by atoms with van der Waals surface area (Å²) in [7, 11) is 1.71. The number of benzene rings is 1. The Kier molecular flexibility index (Phi) is 11.5. The summed E-state index contributed by atoms with van der Waals surface area (Å²) in [5.41, 5.74) is 2.48. The molecule has 13 nitrogen and oxygen atoms in total. The number of hydrogen-bond donors (Lipinski definition) is 1. The van der Waals surface area contributed by atoms with Crippen molar-refractivity contribution in [3.8, 4) is 22.8 Å². The molecule has 47 heavy (non-hydrogen) atoms. The van der Waals surface area contributed by atoms with Crippen LogP contribution in [0.2, 0.25) is 5.02 Å². The van der Waals surface area contributed by atoms with Gasteiger partial charge in [-0.05, 0) is 63.1 Å². The Bertz CT molecular complexity index is 1520. The molecule has 1 unspecified atom stereocenters. The molecular formula is C33H44ClN9O4. The number of nitrogens with zero attached hydrogens (tertiary/aromatic N) is 8. The summed E-state index contributed by atoms with van der Waals surface area (Å²) in [5.74, 6) is 1.60. The van der Waals surface area contributed by atoms with Crippen LogP contribution < -0.4 is 14.8 Å². The van der Waals surface area contributed by atoms with Crippen LogP contribution in [0.15, 0.2) is 49.4 Å². The third-order valence-corrected chi connectivity index (χ3v) is 9.00. The molecule has 0 radical (unpaired) electrons. The van der Waals surface area contributed by atoms with Crippen molar-refractivity contribution in [3.63, 3.8) is 0 Å². The number of nitrogens with one attached hydrogen (secondary N) is 1. The Morgan fingerprint density at radius 3 is 2.53 bits per heavy atom. The van der Waals surface area contributed by atoms with E-state index in [1.54, 1.807) is 30.5 Å². The SMILES string of the molecule is COCCCCOc1nn(C2CCC(N3CCOCC3)CC2)cc1Nc1ncc(-c2ccc(Cl)c(OC(C)Cn3cncn3)c2)cn1. The fourth-order valence-corrected chi connectivity index (χ4v) is 6.34. The Hall–Kier alpha value is -3.78. The van der Waals surface area contributed by atoms with Crippen molar-refractivity contribution in [2.45, 2.75) is 70.2 Å². The number of anilines is 2. The molecule has 4 aromatic rings. The average Bonchev–Trinajstić information content (AvgIpc) is 3.76. The van der Waals surface area contributed by atoms with Crippen LogP contribution in [0, 0.1) is 0 Å². The van der Waals surface area contributed by atoms with Gasteiger partial charge < -0.3 is 24.3 Å². The van der Waals surface area contributed by atoms with Crippen LogP contribution in [0.1, 0.15) is 51.5 Å². The average molecular weight is 666 g/mol. The minimum absolute atomic E-state index is 0.163. The molecule has 4 heterocycles. The molecule has 1 atom stereocenters. The number of ether oxygens (including phenoxy) is 4. The molecule has 0 bridgehead atoms. The summed E-state index contributed by atoms with van der Waals surface area (Å²) >= 11 is 6.47. The van der Waals surface area contributed by atoms with Gasteiger partial charge in [-0.15, -0.1) is 5.10 Å². The van der Waals surface area contributed by atoms with E-state index in [1.807, 2.05) is 31.3 Å². The van der Waals surface area contributed by atoms with E-state index >= 15 is 0 Å². The normalized spacial score (nSPS) is 19.4. The molecule has 1 N–H and O–H groups in total.